The molecule has 4 rings (SSSR count). The zero-order chi connectivity index (χ0) is 14.6. The molecular formula is C17H21NO3. The van der Waals surface area contributed by atoms with E-state index in [2.05, 4.69) is 24.1 Å². The minimum absolute atomic E-state index is 0.00838. The molecule has 0 aromatic heterocycles. The maximum absolute atomic E-state index is 9.97. The van der Waals surface area contributed by atoms with Crippen molar-refractivity contribution in [2.24, 2.45) is 0 Å². The average Bonchev–Trinajstić information content (AvgIpc) is 2.72. The van der Waals surface area contributed by atoms with Crippen molar-refractivity contribution < 1.29 is 14.6 Å². The summed E-state index contributed by atoms with van der Waals surface area (Å²) in [5, 5.41) is 9.97. The van der Waals surface area contributed by atoms with E-state index in [1.165, 1.54) is 11.1 Å². The van der Waals surface area contributed by atoms with Crippen molar-refractivity contribution in [2.45, 2.75) is 37.0 Å². The molecule has 1 aromatic rings. The molecule has 1 N–H and O–H groups in total. The van der Waals surface area contributed by atoms with Gasteiger partial charge in [0.15, 0.2) is 11.5 Å². The van der Waals surface area contributed by atoms with Gasteiger partial charge >= 0.3 is 0 Å². The molecule has 3 aliphatic rings. The number of hydrogen-bond acceptors (Lipinski definition) is 4. The molecule has 0 saturated carbocycles. The Bertz CT molecular complexity index is 612. The summed E-state index contributed by atoms with van der Waals surface area (Å²) >= 11 is 0. The molecule has 21 heavy (non-hydrogen) atoms. The minimum atomic E-state index is -0.412. The molecule has 0 fully saturated rings. The molecule has 0 unspecified atom stereocenters. The van der Waals surface area contributed by atoms with Crippen molar-refractivity contribution in [1.82, 2.24) is 4.90 Å². The van der Waals surface area contributed by atoms with Gasteiger partial charge in [-0.25, -0.2) is 0 Å². The van der Waals surface area contributed by atoms with Gasteiger partial charge in [-0.15, -0.1) is 0 Å². The molecule has 1 aromatic carbocycles. The highest BCUT2D eigenvalue weighted by Gasteiger charge is 2.52. The molecule has 0 radical (unpaired) electrons. The van der Waals surface area contributed by atoms with Crippen molar-refractivity contribution >= 4 is 0 Å². The van der Waals surface area contributed by atoms with Gasteiger partial charge in [-0.3, -0.25) is 0 Å². The van der Waals surface area contributed by atoms with Gasteiger partial charge in [-0.05, 0) is 31.6 Å². The van der Waals surface area contributed by atoms with Crippen LogP contribution in [-0.2, 0) is 12.0 Å². The topological polar surface area (TPSA) is 41.9 Å². The van der Waals surface area contributed by atoms with Crippen LogP contribution in [0.4, 0.5) is 0 Å². The van der Waals surface area contributed by atoms with Gasteiger partial charge in [-0.1, -0.05) is 18.2 Å². The second-order valence-electron chi connectivity index (χ2n) is 6.43. The Morgan fingerprint density at radius 3 is 3.10 bits per heavy atom. The van der Waals surface area contributed by atoms with Crippen molar-refractivity contribution in [3.05, 3.63) is 35.4 Å². The van der Waals surface area contributed by atoms with Crippen LogP contribution in [0, 0.1) is 0 Å². The number of aliphatic hydroxyl groups is 1. The summed E-state index contributed by atoms with van der Waals surface area (Å²) in [6, 6.07) is 4.16. The van der Waals surface area contributed by atoms with Gasteiger partial charge in [0.05, 0.1) is 18.6 Å². The predicted octanol–water partition coefficient (Wildman–Crippen LogP) is 1.85. The van der Waals surface area contributed by atoms with Crippen LogP contribution >= 0.6 is 0 Å². The number of methoxy groups -OCH3 is 1. The first-order valence-electron chi connectivity index (χ1n) is 7.57. The first kappa shape index (κ1) is 13.2. The van der Waals surface area contributed by atoms with E-state index in [0.717, 1.165) is 31.0 Å². The van der Waals surface area contributed by atoms with Crippen LogP contribution in [-0.4, -0.2) is 42.9 Å². The van der Waals surface area contributed by atoms with Crippen molar-refractivity contribution in [3.63, 3.8) is 0 Å². The molecule has 0 bridgehead atoms. The monoisotopic (exact) mass is 287 g/mol. The fourth-order valence-electron chi connectivity index (χ4n) is 4.08. The van der Waals surface area contributed by atoms with Gasteiger partial charge in [0, 0.05) is 18.5 Å². The Kier molecular flexibility index (Phi) is 2.81. The molecule has 2 heterocycles. The van der Waals surface area contributed by atoms with Gasteiger partial charge in [0.1, 0.15) is 6.10 Å². The van der Waals surface area contributed by atoms with Crippen LogP contribution < -0.4 is 9.47 Å². The van der Waals surface area contributed by atoms with Crippen LogP contribution in [0.3, 0.4) is 0 Å². The number of ether oxygens (including phenoxy) is 2. The Labute approximate surface area is 125 Å². The van der Waals surface area contributed by atoms with Crippen molar-refractivity contribution in [3.8, 4) is 11.5 Å². The van der Waals surface area contributed by atoms with Crippen molar-refractivity contribution in [1.29, 1.82) is 0 Å². The Balaban J connectivity index is 1.95. The van der Waals surface area contributed by atoms with Gasteiger partial charge in [-0.2, -0.15) is 0 Å². The summed E-state index contributed by atoms with van der Waals surface area (Å²) in [5.41, 5.74) is 2.48. The Morgan fingerprint density at radius 1 is 1.43 bits per heavy atom. The fourth-order valence-corrected chi connectivity index (χ4v) is 4.08. The molecule has 1 aliphatic carbocycles. The third-order valence-electron chi connectivity index (χ3n) is 5.15. The lowest BCUT2D eigenvalue weighted by atomic mass is 9.69. The van der Waals surface area contributed by atoms with Crippen LogP contribution in [0.15, 0.2) is 24.3 Å². The number of hydrogen-bond donors (Lipinski definition) is 1. The second kappa shape index (κ2) is 4.49. The minimum Gasteiger partial charge on any atom is -0.493 e. The standard InChI is InChI=1S/C17H21NO3/c1-18-8-7-17-6-5-12(19)9-14(17)21-16-13(20-2)4-3-11(10-18)15(16)17/h3-6,12,14,19H,7-10H2,1-2H3/t12-,14-,17-/m1/s1. The SMILES string of the molecule is COc1ccc2c3c1O[C@@H]1C[C@H](O)C=C[C@]31CCN(C)C2. The first-order chi connectivity index (χ1) is 10.1. The third kappa shape index (κ3) is 1.75. The van der Waals surface area contributed by atoms with Crippen molar-refractivity contribution in [2.75, 3.05) is 20.7 Å². The zero-order valence-electron chi connectivity index (χ0n) is 12.5. The van der Waals surface area contributed by atoms with E-state index in [1.807, 2.05) is 12.1 Å². The lowest BCUT2D eigenvalue weighted by Crippen LogP contribution is -2.42. The zero-order valence-corrected chi connectivity index (χ0v) is 12.5. The smallest absolute Gasteiger partial charge is 0.166 e. The summed E-state index contributed by atoms with van der Waals surface area (Å²) < 4.78 is 11.8. The first-order valence-corrected chi connectivity index (χ1v) is 7.57. The van der Waals surface area contributed by atoms with Gasteiger partial charge in [0.25, 0.3) is 0 Å². The molecular weight excluding hydrogens is 266 g/mol. The predicted molar refractivity (Wildman–Crippen MR) is 79.8 cm³/mol. The Hall–Kier alpha value is -1.52. The van der Waals surface area contributed by atoms with Crippen LogP contribution in [0.5, 0.6) is 11.5 Å². The highest BCUT2D eigenvalue weighted by atomic mass is 16.5. The highest BCUT2D eigenvalue weighted by molar-refractivity contribution is 5.60. The normalized spacial score (nSPS) is 33.9. The summed E-state index contributed by atoms with van der Waals surface area (Å²) in [6.45, 7) is 1.96. The van der Waals surface area contributed by atoms with E-state index in [4.69, 9.17) is 9.47 Å². The summed E-state index contributed by atoms with van der Waals surface area (Å²) in [7, 11) is 3.84. The molecule has 4 heteroatoms. The Morgan fingerprint density at radius 2 is 2.29 bits per heavy atom. The average molecular weight is 287 g/mol. The van der Waals surface area contributed by atoms with Crippen LogP contribution in [0.25, 0.3) is 0 Å². The molecule has 112 valence electrons. The quantitative estimate of drug-likeness (QED) is 0.801. The second-order valence-corrected chi connectivity index (χ2v) is 6.43. The summed E-state index contributed by atoms with van der Waals surface area (Å²) in [6.07, 6.45) is 5.38. The molecule has 1 spiro atoms. The number of benzene rings is 1. The lowest BCUT2D eigenvalue weighted by molar-refractivity contribution is 0.0821. The van der Waals surface area contributed by atoms with Gasteiger partial charge < -0.3 is 19.5 Å². The van der Waals surface area contributed by atoms with E-state index in [1.54, 1.807) is 7.11 Å². The molecule has 0 saturated heterocycles. The molecule has 2 aliphatic heterocycles. The maximum atomic E-state index is 9.97. The number of aliphatic hydroxyl groups excluding tert-OH is 1. The highest BCUT2D eigenvalue weighted by Crippen LogP contribution is 2.55. The van der Waals surface area contributed by atoms with E-state index in [0.29, 0.717) is 6.42 Å². The fraction of sp³-hybridized carbons (Fsp3) is 0.529. The third-order valence-corrected chi connectivity index (χ3v) is 5.15. The van der Waals surface area contributed by atoms with Crippen LogP contribution in [0.1, 0.15) is 24.0 Å². The van der Waals surface area contributed by atoms with E-state index >= 15 is 0 Å². The number of nitrogens with zero attached hydrogens (tertiary/aromatic N) is 1. The maximum Gasteiger partial charge on any atom is 0.166 e. The summed E-state index contributed by atoms with van der Waals surface area (Å²) in [4.78, 5) is 2.35. The number of rotatable bonds is 1. The molecule has 4 nitrogen and oxygen atoms in total. The summed E-state index contributed by atoms with van der Waals surface area (Å²) in [5.74, 6) is 1.68. The van der Waals surface area contributed by atoms with E-state index in [-0.39, 0.29) is 11.5 Å². The largest absolute Gasteiger partial charge is 0.493 e. The van der Waals surface area contributed by atoms with E-state index < -0.39 is 6.10 Å². The van der Waals surface area contributed by atoms with Gasteiger partial charge in [0.2, 0.25) is 0 Å². The molecule has 3 atom stereocenters. The molecule has 0 amide bonds. The van der Waals surface area contributed by atoms with E-state index in [9.17, 15) is 5.11 Å². The lowest BCUT2D eigenvalue weighted by Gasteiger charge is -2.35. The van der Waals surface area contributed by atoms with Crippen LogP contribution in [0.2, 0.25) is 0 Å².